The molecule has 0 aliphatic carbocycles. The van der Waals surface area contributed by atoms with Gasteiger partial charge in [-0.25, -0.2) is 0 Å². The highest BCUT2D eigenvalue weighted by molar-refractivity contribution is 5.80. The molecule has 4 rings (SSSR count). The summed E-state index contributed by atoms with van der Waals surface area (Å²) >= 11 is 0. The number of carbonyl (C=O) groups is 1. The first-order chi connectivity index (χ1) is 13.2. The molecule has 27 heavy (non-hydrogen) atoms. The van der Waals surface area contributed by atoms with Crippen LogP contribution in [-0.2, 0) is 17.8 Å². The van der Waals surface area contributed by atoms with Crippen molar-refractivity contribution >= 4 is 5.91 Å². The largest absolute Gasteiger partial charge is 0.497 e. The maximum absolute atomic E-state index is 12.6. The van der Waals surface area contributed by atoms with E-state index in [1.807, 2.05) is 48.5 Å². The SMILES string of the molecule is COc1ccc(-c2[nH]ncc2CNC(=O)[C@@H]2COc3ccccc3C2)cc1. The fourth-order valence-corrected chi connectivity index (χ4v) is 3.28. The van der Waals surface area contributed by atoms with Gasteiger partial charge in [0, 0.05) is 17.7 Å². The molecule has 138 valence electrons. The van der Waals surface area contributed by atoms with E-state index < -0.39 is 0 Å². The summed E-state index contributed by atoms with van der Waals surface area (Å²) in [6.45, 7) is 0.814. The number of aromatic amines is 1. The molecule has 3 aromatic rings. The lowest BCUT2D eigenvalue weighted by Gasteiger charge is -2.24. The number of methoxy groups -OCH3 is 1. The number of nitrogens with zero attached hydrogens (tertiary/aromatic N) is 1. The summed E-state index contributed by atoms with van der Waals surface area (Å²) in [6.07, 6.45) is 2.44. The smallest absolute Gasteiger partial charge is 0.227 e. The Morgan fingerprint density at radius 3 is 2.89 bits per heavy atom. The molecule has 0 saturated heterocycles. The molecule has 0 unspecified atom stereocenters. The molecular formula is C21H21N3O3. The van der Waals surface area contributed by atoms with Gasteiger partial charge in [-0.15, -0.1) is 0 Å². The Kier molecular flexibility index (Phi) is 4.78. The molecule has 2 heterocycles. The number of para-hydroxylation sites is 1. The van der Waals surface area contributed by atoms with E-state index >= 15 is 0 Å². The number of ether oxygens (including phenoxy) is 2. The Bertz CT molecular complexity index is 934. The van der Waals surface area contributed by atoms with Crippen molar-refractivity contribution in [2.75, 3.05) is 13.7 Å². The number of nitrogens with one attached hydrogen (secondary N) is 2. The average Bonchev–Trinajstić information content (AvgIpc) is 3.20. The van der Waals surface area contributed by atoms with E-state index in [2.05, 4.69) is 15.5 Å². The van der Waals surface area contributed by atoms with E-state index in [1.54, 1.807) is 13.3 Å². The number of aromatic nitrogens is 2. The maximum atomic E-state index is 12.6. The van der Waals surface area contributed by atoms with Crippen LogP contribution in [0.25, 0.3) is 11.3 Å². The molecule has 0 saturated carbocycles. The number of rotatable bonds is 5. The lowest BCUT2D eigenvalue weighted by atomic mass is 9.96. The van der Waals surface area contributed by atoms with Crippen LogP contribution in [0.4, 0.5) is 0 Å². The van der Waals surface area contributed by atoms with Crippen molar-refractivity contribution in [1.29, 1.82) is 0 Å². The lowest BCUT2D eigenvalue weighted by molar-refractivity contribution is -0.126. The zero-order valence-electron chi connectivity index (χ0n) is 15.1. The van der Waals surface area contributed by atoms with Crippen molar-refractivity contribution in [1.82, 2.24) is 15.5 Å². The molecule has 0 bridgehead atoms. The van der Waals surface area contributed by atoms with Gasteiger partial charge in [0.05, 0.1) is 24.9 Å². The molecule has 0 radical (unpaired) electrons. The molecule has 6 heteroatoms. The summed E-state index contributed by atoms with van der Waals surface area (Å²) in [6, 6.07) is 15.6. The molecule has 1 aliphatic heterocycles. The second-order valence-corrected chi connectivity index (χ2v) is 6.54. The summed E-state index contributed by atoms with van der Waals surface area (Å²) in [5.74, 6) is 1.48. The van der Waals surface area contributed by atoms with E-state index in [9.17, 15) is 4.79 Å². The summed E-state index contributed by atoms with van der Waals surface area (Å²) in [5.41, 5.74) is 3.90. The lowest BCUT2D eigenvalue weighted by Crippen LogP contribution is -2.37. The molecule has 1 aromatic heterocycles. The van der Waals surface area contributed by atoms with Crippen LogP contribution in [0.3, 0.4) is 0 Å². The average molecular weight is 363 g/mol. The maximum Gasteiger partial charge on any atom is 0.227 e. The predicted octanol–water partition coefficient (Wildman–Crippen LogP) is 2.95. The third-order valence-corrected chi connectivity index (χ3v) is 4.80. The van der Waals surface area contributed by atoms with Gasteiger partial charge in [0.15, 0.2) is 0 Å². The number of hydrogen-bond acceptors (Lipinski definition) is 4. The van der Waals surface area contributed by atoms with Crippen molar-refractivity contribution in [2.24, 2.45) is 5.92 Å². The van der Waals surface area contributed by atoms with Crippen molar-refractivity contribution in [3.63, 3.8) is 0 Å². The van der Waals surface area contributed by atoms with Crippen LogP contribution < -0.4 is 14.8 Å². The second-order valence-electron chi connectivity index (χ2n) is 6.54. The van der Waals surface area contributed by atoms with Crippen LogP contribution in [0, 0.1) is 5.92 Å². The summed E-state index contributed by atoms with van der Waals surface area (Å²) < 4.78 is 10.9. The third-order valence-electron chi connectivity index (χ3n) is 4.80. The fraction of sp³-hybridized carbons (Fsp3) is 0.238. The number of amides is 1. The fourth-order valence-electron chi connectivity index (χ4n) is 3.28. The topological polar surface area (TPSA) is 76.2 Å². The van der Waals surface area contributed by atoms with E-state index in [0.717, 1.165) is 33.9 Å². The zero-order valence-corrected chi connectivity index (χ0v) is 15.1. The van der Waals surface area contributed by atoms with Crippen molar-refractivity contribution < 1.29 is 14.3 Å². The molecule has 0 fully saturated rings. The molecule has 6 nitrogen and oxygen atoms in total. The Morgan fingerprint density at radius 1 is 1.26 bits per heavy atom. The van der Waals surface area contributed by atoms with Crippen LogP contribution in [0.1, 0.15) is 11.1 Å². The predicted molar refractivity (Wildman–Crippen MR) is 102 cm³/mol. The van der Waals surface area contributed by atoms with E-state index in [-0.39, 0.29) is 11.8 Å². The van der Waals surface area contributed by atoms with E-state index in [1.165, 1.54) is 0 Å². The standard InChI is InChI=1S/C21H21N3O3/c1-26-18-8-6-14(7-9-18)20-17(12-23-24-20)11-22-21(25)16-10-15-4-2-3-5-19(15)27-13-16/h2-9,12,16H,10-11,13H2,1H3,(H,22,25)(H,23,24)/t16-/m0/s1. The highest BCUT2D eigenvalue weighted by Crippen LogP contribution is 2.27. The minimum atomic E-state index is -0.184. The second kappa shape index (κ2) is 7.53. The van der Waals surface area contributed by atoms with Gasteiger partial charge in [0.2, 0.25) is 5.91 Å². The van der Waals surface area contributed by atoms with Gasteiger partial charge in [-0.05, 0) is 42.3 Å². The minimum absolute atomic E-state index is 0.00798. The van der Waals surface area contributed by atoms with Crippen LogP contribution in [-0.4, -0.2) is 29.8 Å². The molecule has 0 spiro atoms. The summed E-state index contributed by atoms with van der Waals surface area (Å²) in [7, 11) is 1.64. The Labute approximate surface area is 157 Å². The molecule has 2 aromatic carbocycles. The van der Waals surface area contributed by atoms with Gasteiger partial charge in [-0.2, -0.15) is 5.10 Å². The van der Waals surface area contributed by atoms with Crippen LogP contribution in [0.2, 0.25) is 0 Å². The third kappa shape index (κ3) is 3.65. The van der Waals surface area contributed by atoms with Gasteiger partial charge in [0.1, 0.15) is 18.1 Å². The normalized spacial score (nSPS) is 15.5. The number of hydrogen-bond donors (Lipinski definition) is 2. The first-order valence-corrected chi connectivity index (χ1v) is 8.89. The van der Waals surface area contributed by atoms with Gasteiger partial charge in [0.25, 0.3) is 0 Å². The number of benzene rings is 2. The molecule has 1 aliphatic rings. The molecular weight excluding hydrogens is 342 g/mol. The van der Waals surface area contributed by atoms with Crippen molar-refractivity contribution in [3.8, 4) is 22.8 Å². The van der Waals surface area contributed by atoms with E-state index in [0.29, 0.717) is 19.6 Å². The highest BCUT2D eigenvalue weighted by Gasteiger charge is 2.25. The van der Waals surface area contributed by atoms with Crippen LogP contribution in [0.5, 0.6) is 11.5 Å². The Balaban J connectivity index is 1.41. The van der Waals surface area contributed by atoms with E-state index in [4.69, 9.17) is 9.47 Å². The van der Waals surface area contributed by atoms with Gasteiger partial charge in [-0.1, -0.05) is 18.2 Å². The molecule has 1 atom stereocenters. The first-order valence-electron chi connectivity index (χ1n) is 8.89. The van der Waals surface area contributed by atoms with Crippen LogP contribution >= 0.6 is 0 Å². The number of carbonyl (C=O) groups excluding carboxylic acids is 1. The number of H-pyrrole nitrogens is 1. The zero-order chi connectivity index (χ0) is 18.6. The quantitative estimate of drug-likeness (QED) is 0.731. The van der Waals surface area contributed by atoms with Gasteiger partial charge < -0.3 is 14.8 Å². The first kappa shape index (κ1) is 17.1. The summed E-state index contributed by atoms with van der Waals surface area (Å²) in [5, 5.41) is 10.2. The van der Waals surface area contributed by atoms with Gasteiger partial charge in [-0.3, -0.25) is 9.89 Å². The Hall–Kier alpha value is -3.28. The Morgan fingerprint density at radius 2 is 2.07 bits per heavy atom. The summed E-state index contributed by atoms with van der Waals surface area (Å²) in [4.78, 5) is 12.6. The highest BCUT2D eigenvalue weighted by atomic mass is 16.5. The molecule has 1 amide bonds. The number of fused-ring (bicyclic) bond motifs is 1. The monoisotopic (exact) mass is 363 g/mol. The molecule has 2 N–H and O–H groups in total. The van der Waals surface area contributed by atoms with Crippen molar-refractivity contribution in [3.05, 3.63) is 65.9 Å². The minimum Gasteiger partial charge on any atom is -0.497 e. The van der Waals surface area contributed by atoms with Crippen molar-refractivity contribution in [2.45, 2.75) is 13.0 Å². The van der Waals surface area contributed by atoms with Crippen LogP contribution in [0.15, 0.2) is 54.7 Å². The van der Waals surface area contributed by atoms with Gasteiger partial charge >= 0.3 is 0 Å².